The van der Waals surface area contributed by atoms with E-state index >= 15 is 0 Å². The molecular formula is C18H15ClO2. The van der Waals surface area contributed by atoms with Crippen LogP contribution in [0.1, 0.15) is 12.8 Å². The topological polar surface area (TPSA) is 26.3 Å². The number of ether oxygens (including phenoxy) is 1. The van der Waals surface area contributed by atoms with Gasteiger partial charge in [-0.1, -0.05) is 36.4 Å². The standard InChI is InChI=1S/C18H15ClO2/c19-18(20)9-4-10-21-17-8-3-7-15-11-13-5-1-2-6-14(13)12-16(15)17/h1-3,5-8,11-12H,4,9-10H2. The van der Waals surface area contributed by atoms with Gasteiger partial charge in [0.15, 0.2) is 0 Å². The van der Waals surface area contributed by atoms with Gasteiger partial charge in [-0.05, 0) is 52.4 Å². The van der Waals surface area contributed by atoms with Crippen molar-refractivity contribution < 1.29 is 9.53 Å². The fourth-order valence-electron chi connectivity index (χ4n) is 2.46. The van der Waals surface area contributed by atoms with E-state index in [4.69, 9.17) is 16.3 Å². The van der Waals surface area contributed by atoms with E-state index < -0.39 is 0 Å². The summed E-state index contributed by atoms with van der Waals surface area (Å²) >= 11 is 5.33. The summed E-state index contributed by atoms with van der Waals surface area (Å²) in [6.07, 6.45) is 0.974. The first-order valence-corrected chi connectivity index (χ1v) is 7.34. The van der Waals surface area contributed by atoms with Crippen LogP contribution in [0.5, 0.6) is 5.75 Å². The van der Waals surface area contributed by atoms with Gasteiger partial charge in [0, 0.05) is 11.8 Å². The van der Waals surface area contributed by atoms with Gasteiger partial charge in [-0.3, -0.25) is 4.79 Å². The molecule has 0 saturated heterocycles. The first-order valence-electron chi connectivity index (χ1n) is 6.97. The summed E-state index contributed by atoms with van der Waals surface area (Å²) in [7, 11) is 0. The molecule has 3 rings (SSSR count). The average Bonchev–Trinajstić information content (AvgIpc) is 2.49. The van der Waals surface area contributed by atoms with Gasteiger partial charge >= 0.3 is 0 Å². The molecule has 0 heterocycles. The van der Waals surface area contributed by atoms with E-state index in [1.165, 1.54) is 10.8 Å². The Bertz CT molecular complexity index is 795. The molecule has 0 fully saturated rings. The van der Waals surface area contributed by atoms with Crippen LogP contribution in [-0.4, -0.2) is 11.8 Å². The molecule has 21 heavy (non-hydrogen) atoms. The van der Waals surface area contributed by atoms with E-state index in [0.717, 1.165) is 16.5 Å². The van der Waals surface area contributed by atoms with Crippen LogP contribution in [0.2, 0.25) is 0 Å². The second-order valence-electron chi connectivity index (χ2n) is 4.98. The highest BCUT2D eigenvalue weighted by Gasteiger charge is 2.04. The molecule has 0 N–H and O–H groups in total. The summed E-state index contributed by atoms with van der Waals surface area (Å²) in [5, 5.41) is 4.34. The number of carbonyl (C=O) groups excluding carboxylic acids is 1. The maximum Gasteiger partial charge on any atom is 0.221 e. The van der Waals surface area contributed by atoms with Gasteiger partial charge < -0.3 is 4.74 Å². The molecule has 3 aromatic rings. The largest absolute Gasteiger partial charge is 0.493 e. The number of hydrogen-bond donors (Lipinski definition) is 0. The Morgan fingerprint density at radius 3 is 2.43 bits per heavy atom. The van der Waals surface area contributed by atoms with Gasteiger partial charge in [-0.2, -0.15) is 0 Å². The monoisotopic (exact) mass is 298 g/mol. The fourth-order valence-corrected chi connectivity index (χ4v) is 2.59. The molecule has 0 aliphatic heterocycles. The maximum atomic E-state index is 10.7. The van der Waals surface area contributed by atoms with Crippen LogP contribution in [-0.2, 0) is 4.79 Å². The smallest absolute Gasteiger partial charge is 0.221 e. The molecular weight excluding hydrogens is 284 g/mol. The Morgan fingerprint density at radius 1 is 0.952 bits per heavy atom. The lowest BCUT2D eigenvalue weighted by Crippen LogP contribution is -1.99. The van der Waals surface area contributed by atoms with Crippen LogP contribution in [0.4, 0.5) is 0 Å². The lowest BCUT2D eigenvalue weighted by atomic mass is 10.0. The van der Waals surface area contributed by atoms with Crippen molar-refractivity contribution in [2.24, 2.45) is 0 Å². The third-order valence-electron chi connectivity index (χ3n) is 3.48. The summed E-state index contributed by atoms with van der Waals surface area (Å²) in [6, 6.07) is 18.6. The van der Waals surface area contributed by atoms with Crippen molar-refractivity contribution in [2.45, 2.75) is 12.8 Å². The van der Waals surface area contributed by atoms with E-state index in [9.17, 15) is 4.79 Å². The lowest BCUT2D eigenvalue weighted by Gasteiger charge is -2.10. The molecule has 3 heteroatoms. The molecule has 0 radical (unpaired) electrons. The van der Waals surface area contributed by atoms with E-state index in [1.54, 1.807) is 0 Å². The zero-order chi connectivity index (χ0) is 14.7. The molecule has 3 aromatic carbocycles. The quantitative estimate of drug-likeness (QED) is 0.380. The van der Waals surface area contributed by atoms with Crippen LogP contribution >= 0.6 is 11.6 Å². The number of fused-ring (bicyclic) bond motifs is 2. The van der Waals surface area contributed by atoms with Crippen LogP contribution in [0.15, 0.2) is 54.6 Å². The van der Waals surface area contributed by atoms with E-state index in [1.807, 2.05) is 24.3 Å². The van der Waals surface area contributed by atoms with Gasteiger partial charge in [-0.15, -0.1) is 0 Å². The summed E-state index contributed by atoms with van der Waals surface area (Å²) in [4.78, 5) is 10.7. The summed E-state index contributed by atoms with van der Waals surface area (Å²) < 4.78 is 5.81. The van der Waals surface area contributed by atoms with Crippen molar-refractivity contribution in [2.75, 3.05) is 6.61 Å². The van der Waals surface area contributed by atoms with Crippen molar-refractivity contribution in [1.82, 2.24) is 0 Å². The molecule has 0 saturated carbocycles. The zero-order valence-electron chi connectivity index (χ0n) is 11.5. The molecule has 0 atom stereocenters. The highest BCUT2D eigenvalue weighted by Crippen LogP contribution is 2.30. The third-order valence-corrected chi connectivity index (χ3v) is 3.67. The van der Waals surface area contributed by atoms with Gasteiger partial charge in [0.1, 0.15) is 5.75 Å². The number of halogens is 1. The molecule has 106 valence electrons. The Hall–Kier alpha value is -2.06. The minimum Gasteiger partial charge on any atom is -0.493 e. The normalized spacial score (nSPS) is 10.9. The first kappa shape index (κ1) is 13.9. The Kier molecular flexibility index (Phi) is 4.07. The molecule has 0 unspecified atom stereocenters. The van der Waals surface area contributed by atoms with Crippen LogP contribution in [0.25, 0.3) is 21.5 Å². The predicted octanol–water partition coefficient (Wildman–Crippen LogP) is 4.92. The van der Waals surface area contributed by atoms with E-state index in [-0.39, 0.29) is 5.24 Å². The minimum absolute atomic E-state index is 0.317. The Morgan fingerprint density at radius 2 is 1.67 bits per heavy atom. The Labute approximate surface area is 128 Å². The molecule has 0 amide bonds. The molecule has 0 aliphatic carbocycles. The molecule has 0 aliphatic rings. The van der Waals surface area contributed by atoms with Crippen LogP contribution in [0.3, 0.4) is 0 Å². The van der Waals surface area contributed by atoms with Gasteiger partial charge in [0.2, 0.25) is 5.24 Å². The second kappa shape index (κ2) is 6.15. The highest BCUT2D eigenvalue weighted by molar-refractivity contribution is 6.63. The van der Waals surface area contributed by atoms with Crippen molar-refractivity contribution in [3.8, 4) is 5.75 Å². The summed E-state index contributed by atoms with van der Waals surface area (Å²) in [6.45, 7) is 0.490. The van der Waals surface area contributed by atoms with E-state index in [0.29, 0.717) is 19.4 Å². The Balaban J connectivity index is 1.91. The SMILES string of the molecule is O=C(Cl)CCCOc1cccc2cc3ccccc3cc12. The predicted molar refractivity (Wildman–Crippen MR) is 87.0 cm³/mol. The van der Waals surface area contributed by atoms with Crippen LogP contribution < -0.4 is 4.74 Å². The van der Waals surface area contributed by atoms with Crippen molar-refractivity contribution in [3.63, 3.8) is 0 Å². The van der Waals surface area contributed by atoms with Crippen molar-refractivity contribution in [3.05, 3.63) is 54.6 Å². The number of rotatable bonds is 5. The van der Waals surface area contributed by atoms with Gasteiger partial charge in [-0.25, -0.2) is 0 Å². The van der Waals surface area contributed by atoms with Gasteiger partial charge in [0.25, 0.3) is 0 Å². The highest BCUT2D eigenvalue weighted by atomic mass is 35.5. The number of benzene rings is 3. The maximum absolute atomic E-state index is 10.7. The average molecular weight is 299 g/mol. The molecule has 2 nitrogen and oxygen atoms in total. The molecule has 0 bridgehead atoms. The fraction of sp³-hybridized carbons (Fsp3) is 0.167. The number of carbonyl (C=O) groups is 1. The summed E-state index contributed by atoms with van der Waals surface area (Å²) in [5.74, 6) is 0.847. The molecule has 0 spiro atoms. The van der Waals surface area contributed by atoms with Crippen molar-refractivity contribution in [1.29, 1.82) is 0 Å². The number of hydrogen-bond acceptors (Lipinski definition) is 2. The van der Waals surface area contributed by atoms with Gasteiger partial charge in [0.05, 0.1) is 6.61 Å². The second-order valence-corrected chi connectivity index (χ2v) is 5.41. The summed E-state index contributed by atoms with van der Waals surface area (Å²) in [5.41, 5.74) is 0. The zero-order valence-corrected chi connectivity index (χ0v) is 12.3. The van der Waals surface area contributed by atoms with E-state index in [2.05, 4.69) is 30.3 Å². The molecule has 0 aromatic heterocycles. The third kappa shape index (κ3) is 3.17. The van der Waals surface area contributed by atoms with Crippen molar-refractivity contribution >= 4 is 38.4 Å². The first-order chi connectivity index (χ1) is 10.2. The minimum atomic E-state index is -0.317. The lowest BCUT2D eigenvalue weighted by molar-refractivity contribution is -0.111. The van der Waals surface area contributed by atoms with Crippen LogP contribution in [0, 0.1) is 0 Å².